The van der Waals surface area contributed by atoms with Crippen LogP contribution >= 0.6 is 0 Å². The molecule has 0 saturated carbocycles. The second-order valence-corrected chi connectivity index (χ2v) is 5.95. The molecule has 1 aliphatic heterocycles. The van der Waals surface area contributed by atoms with E-state index in [1.807, 2.05) is 19.9 Å². The summed E-state index contributed by atoms with van der Waals surface area (Å²) in [5.74, 6) is -1.07. The Kier molecular flexibility index (Phi) is 4.86. The third-order valence-electron chi connectivity index (χ3n) is 4.25. The van der Waals surface area contributed by atoms with E-state index >= 15 is 0 Å². The van der Waals surface area contributed by atoms with Crippen LogP contribution in [0, 0.1) is 5.92 Å². The molecule has 5 heteroatoms. The summed E-state index contributed by atoms with van der Waals surface area (Å²) in [5.41, 5.74) is 2.00. The molecule has 2 rings (SSSR count). The van der Waals surface area contributed by atoms with E-state index in [-0.39, 0.29) is 11.9 Å². The number of esters is 2. The Morgan fingerprint density at radius 2 is 2.09 bits per heavy atom. The summed E-state index contributed by atoms with van der Waals surface area (Å²) in [6, 6.07) is 0. The zero-order valence-corrected chi connectivity index (χ0v) is 13.2. The number of carbonyl (C=O) groups excluding carboxylic acids is 2. The van der Waals surface area contributed by atoms with Gasteiger partial charge in [-0.05, 0) is 37.5 Å². The van der Waals surface area contributed by atoms with E-state index in [0.29, 0.717) is 18.4 Å². The van der Waals surface area contributed by atoms with Crippen LogP contribution in [0.4, 0.5) is 0 Å². The highest BCUT2D eigenvalue weighted by Crippen LogP contribution is 2.34. The lowest BCUT2D eigenvalue weighted by atomic mass is 9.86. The summed E-state index contributed by atoms with van der Waals surface area (Å²) in [6.45, 7) is 8.81. The lowest BCUT2D eigenvalue weighted by Crippen LogP contribution is -2.25. The maximum atomic E-state index is 11.8. The molecule has 120 valence electrons. The average molecular weight is 306 g/mol. The molecule has 0 bridgehead atoms. The maximum absolute atomic E-state index is 11.8. The van der Waals surface area contributed by atoms with Gasteiger partial charge in [-0.15, -0.1) is 0 Å². The quantitative estimate of drug-likeness (QED) is 0.456. The first-order valence-electron chi connectivity index (χ1n) is 7.39. The molecule has 1 fully saturated rings. The standard InChI is InChI=1S/C17H22O5/c1-9-5-6-15(21-12(4)18)10(2)7-16-13(8-14(9)19)11(3)17(20)22-16/h5,7,13-16,19H,3,6,8H2,1-2,4H3. The molecule has 0 spiro atoms. The number of fused-ring (bicyclic) bond motifs is 1. The Morgan fingerprint density at radius 1 is 1.41 bits per heavy atom. The Labute approximate surface area is 130 Å². The van der Waals surface area contributed by atoms with Gasteiger partial charge in [0, 0.05) is 24.8 Å². The largest absolute Gasteiger partial charge is 0.458 e. The third kappa shape index (κ3) is 3.47. The van der Waals surface area contributed by atoms with Gasteiger partial charge < -0.3 is 14.6 Å². The normalized spacial score (nSPS) is 32.5. The second kappa shape index (κ2) is 6.48. The van der Waals surface area contributed by atoms with Crippen molar-refractivity contribution in [2.75, 3.05) is 0 Å². The number of ether oxygens (including phenoxy) is 2. The molecule has 4 unspecified atom stereocenters. The summed E-state index contributed by atoms with van der Waals surface area (Å²) in [6.07, 6.45) is 2.97. The molecule has 0 aromatic carbocycles. The first-order chi connectivity index (χ1) is 10.3. The van der Waals surface area contributed by atoms with E-state index in [1.165, 1.54) is 6.92 Å². The molecule has 0 aromatic heterocycles. The lowest BCUT2D eigenvalue weighted by Gasteiger charge is -2.24. The van der Waals surface area contributed by atoms with Crippen LogP contribution in [0.1, 0.15) is 33.6 Å². The molecule has 1 heterocycles. The number of carbonyl (C=O) groups is 2. The Balaban J connectivity index is 2.37. The van der Waals surface area contributed by atoms with Crippen molar-refractivity contribution in [1.29, 1.82) is 0 Å². The SMILES string of the molecule is C=C1C(=O)OC2C=C(C)C(OC(C)=O)CC=C(C)C(O)CC12. The van der Waals surface area contributed by atoms with E-state index < -0.39 is 24.3 Å². The Morgan fingerprint density at radius 3 is 2.73 bits per heavy atom. The molecule has 0 radical (unpaired) electrons. The molecule has 22 heavy (non-hydrogen) atoms. The number of hydrogen-bond acceptors (Lipinski definition) is 5. The van der Waals surface area contributed by atoms with Crippen molar-refractivity contribution in [2.24, 2.45) is 5.92 Å². The zero-order valence-electron chi connectivity index (χ0n) is 13.2. The van der Waals surface area contributed by atoms with Crippen molar-refractivity contribution in [3.63, 3.8) is 0 Å². The van der Waals surface area contributed by atoms with E-state index in [2.05, 4.69) is 6.58 Å². The van der Waals surface area contributed by atoms with Crippen molar-refractivity contribution in [3.05, 3.63) is 35.5 Å². The monoisotopic (exact) mass is 306 g/mol. The maximum Gasteiger partial charge on any atom is 0.334 e. The van der Waals surface area contributed by atoms with Crippen molar-refractivity contribution >= 4 is 11.9 Å². The predicted octanol–water partition coefficient (Wildman–Crippen LogP) is 2.06. The fourth-order valence-corrected chi connectivity index (χ4v) is 2.81. The van der Waals surface area contributed by atoms with E-state index in [1.54, 1.807) is 6.08 Å². The minimum Gasteiger partial charge on any atom is -0.458 e. The van der Waals surface area contributed by atoms with Gasteiger partial charge in [-0.2, -0.15) is 0 Å². The smallest absolute Gasteiger partial charge is 0.334 e. The van der Waals surface area contributed by atoms with Crippen LogP contribution in [-0.2, 0) is 19.1 Å². The molecule has 2 aliphatic rings. The van der Waals surface area contributed by atoms with Crippen molar-refractivity contribution < 1.29 is 24.2 Å². The van der Waals surface area contributed by atoms with Gasteiger partial charge in [0.15, 0.2) is 0 Å². The Hall–Kier alpha value is -1.88. The molecule has 1 aliphatic carbocycles. The highest BCUT2D eigenvalue weighted by Gasteiger charge is 2.39. The van der Waals surface area contributed by atoms with Gasteiger partial charge in [0.2, 0.25) is 0 Å². The molecule has 0 aromatic rings. The molecule has 0 amide bonds. The molecular weight excluding hydrogens is 284 g/mol. The highest BCUT2D eigenvalue weighted by atomic mass is 16.6. The first kappa shape index (κ1) is 16.5. The van der Waals surface area contributed by atoms with Gasteiger partial charge in [-0.1, -0.05) is 12.7 Å². The minimum absolute atomic E-state index is 0.267. The fourth-order valence-electron chi connectivity index (χ4n) is 2.81. The number of aliphatic hydroxyl groups excluding tert-OH is 1. The minimum atomic E-state index is -0.677. The summed E-state index contributed by atoms with van der Waals surface area (Å²) in [5, 5.41) is 10.3. The average Bonchev–Trinajstić information content (AvgIpc) is 2.69. The fraction of sp³-hybridized carbons (Fsp3) is 0.529. The van der Waals surface area contributed by atoms with Gasteiger partial charge in [0.25, 0.3) is 0 Å². The lowest BCUT2D eigenvalue weighted by molar-refractivity contribution is -0.144. The van der Waals surface area contributed by atoms with Gasteiger partial charge in [-0.25, -0.2) is 4.79 Å². The van der Waals surface area contributed by atoms with Crippen LogP contribution in [0.25, 0.3) is 0 Å². The van der Waals surface area contributed by atoms with Gasteiger partial charge >= 0.3 is 11.9 Å². The van der Waals surface area contributed by atoms with Gasteiger partial charge in [0.05, 0.1) is 6.10 Å². The zero-order chi connectivity index (χ0) is 16.4. The summed E-state index contributed by atoms with van der Waals surface area (Å²) in [4.78, 5) is 23.0. The molecule has 1 N–H and O–H groups in total. The predicted molar refractivity (Wildman–Crippen MR) is 80.8 cm³/mol. The third-order valence-corrected chi connectivity index (χ3v) is 4.25. The topological polar surface area (TPSA) is 72.8 Å². The van der Waals surface area contributed by atoms with Crippen LogP contribution in [-0.4, -0.2) is 35.4 Å². The van der Waals surface area contributed by atoms with E-state index in [4.69, 9.17) is 9.47 Å². The summed E-state index contributed by atoms with van der Waals surface area (Å²) >= 11 is 0. The highest BCUT2D eigenvalue weighted by molar-refractivity contribution is 5.91. The molecule has 4 atom stereocenters. The Bertz CT molecular complexity index is 557. The van der Waals surface area contributed by atoms with Gasteiger partial charge in [0.1, 0.15) is 12.2 Å². The van der Waals surface area contributed by atoms with Crippen LogP contribution in [0.2, 0.25) is 0 Å². The van der Waals surface area contributed by atoms with Crippen LogP contribution in [0.5, 0.6) is 0 Å². The number of aliphatic hydroxyl groups is 1. The summed E-state index contributed by atoms with van der Waals surface area (Å²) < 4.78 is 10.7. The first-order valence-corrected chi connectivity index (χ1v) is 7.39. The summed E-state index contributed by atoms with van der Waals surface area (Å²) in [7, 11) is 0. The van der Waals surface area contributed by atoms with Crippen molar-refractivity contribution in [1.82, 2.24) is 0 Å². The molecule has 1 saturated heterocycles. The van der Waals surface area contributed by atoms with Gasteiger partial charge in [-0.3, -0.25) is 4.79 Å². The van der Waals surface area contributed by atoms with Crippen LogP contribution in [0.3, 0.4) is 0 Å². The second-order valence-electron chi connectivity index (χ2n) is 5.95. The van der Waals surface area contributed by atoms with Crippen LogP contribution < -0.4 is 0 Å². The molecular formula is C17H22O5. The number of hydrogen-bond donors (Lipinski definition) is 1. The number of rotatable bonds is 1. The van der Waals surface area contributed by atoms with E-state index in [9.17, 15) is 14.7 Å². The molecule has 5 nitrogen and oxygen atoms in total. The van der Waals surface area contributed by atoms with Crippen molar-refractivity contribution in [2.45, 2.75) is 51.9 Å². The van der Waals surface area contributed by atoms with Crippen molar-refractivity contribution in [3.8, 4) is 0 Å². The van der Waals surface area contributed by atoms with Crippen LogP contribution in [0.15, 0.2) is 35.5 Å². The van der Waals surface area contributed by atoms with E-state index in [0.717, 1.165) is 11.1 Å².